The second kappa shape index (κ2) is 8.42. The van der Waals surface area contributed by atoms with Gasteiger partial charge in [0.15, 0.2) is 0 Å². The Hall–Kier alpha value is -3.88. The van der Waals surface area contributed by atoms with Crippen LogP contribution >= 0.6 is 0 Å². The Bertz CT molecular complexity index is 1070. The molecule has 7 nitrogen and oxygen atoms in total. The zero-order valence-electron chi connectivity index (χ0n) is 15.6. The fourth-order valence-corrected chi connectivity index (χ4v) is 2.51. The highest BCUT2D eigenvalue weighted by Gasteiger charge is 2.13. The van der Waals surface area contributed by atoms with Crippen LogP contribution in [-0.4, -0.2) is 21.8 Å². The minimum absolute atomic E-state index is 0.0180. The van der Waals surface area contributed by atoms with Crippen LogP contribution in [-0.2, 0) is 4.79 Å². The molecular weight excluding hydrogens is 380 g/mol. The van der Waals surface area contributed by atoms with E-state index < -0.39 is 17.5 Å². The number of nitrogens with one attached hydrogen (secondary N) is 3. The summed E-state index contributed by atoms with van der Waals surface area (Å²) in [6.45, 7) is 2.99. The number of carbonyl (C=O) groups excluding carboxylic acids is 2. The van der Waals surface area contributed by atoms with E-state index in [2.05, 4.69) is 25.9 Å². The van der Waals surface area contributed by atoms with Gasteiger partial charge >= 0.3 is 0 Å². The molecule has 0 saturated carbocycles. The molecule has 0 spiro atoms. The summed E-state index contributed by atoms with van der Waals surface area (Å²) in [4.78, 5) is 31.8. The summed E-state index contributed by atoms with van der Waals surface area (Å²) < 4.78 is 26.9. The van der Waals surface area contributed by atoms with E-state index in [-0.39, 0.29) is 23.1 Å². The van der Waals surface area contributed by atoms with Crippen molar-refractivity contribution >= 4 is 34.7 Å². The van der Waals surface area contributed by atoms with Crippen LogP contribution in [0.5, 0.6) is 0 Å². The number of halogens is 2. The average molecular weight is 397 g/mol. The summed E-state index contributed by atoms with van der Waals surface area (Å²) in [5, 5.41) is 8.02. The van der Waals surface area contributed by atoms with E-state index >= 15 is 0 Å². The zero-order chi connectivity index (χ0) is 21.0. The third-order valence-electron chi connectivity index (χ3n) is 3.73. The molecule has 148 valence electrons. The zero-order valence-corrected chi connectivity index (χ0v) is 15.6. The van der Waals surface area contributed by atoms with Gasteiger partial charge in [-0.25, -0.2) is 18.7 Å². The van der Waals surface area contributed by atoms with Gasteiger partial charge in [-0.15, -0.1) is 0 Å². The van der Waals surface area contributed by atoms with E-state index in [0.29, 0.717) is 17.2 Å². The highest BCUT2D eigenvalue weighted by molar-refractivity contribution is 6.03. The molecule has 2 aromatic carbocycles. The Kier molecular flexibility index (Phi) is 5.77. The lowest BCUT2D eigenvalue weighted by Crippen LogP contribution is -2.15. The van der Waals surface area contributed by atoms with Gasteiger partial charge in [0.2, 0.25) is 5.91 Å². The summed E-state index contributed by atoms with van der Waals surface area (Å²) in [6.07, 6.45) is 0. The van der Waals surface area contributed by atoms with Gasteiger partial charge in [-0.1, -0.05) is 0 Å². The Morgan fingerprint density at radius 2 is 1.55 bits per heavy atom. The number of benzene rings is 2. The van der Waals surface area contributed by atoms with Crippen LogP contribution in [0.25, 0.3) is 0 Å². The molecule has 3 aromatic rings. The van der Waals surface area contributed by atoms with Gasteiger partial charge in [0.05, 0.1) is 5.69 Å². The Morgan fingerprint density at radius 1 is 0.897 bits per heavy atom. The molecule has 1 aromatic heterocycles. The minimum Gasteiger partial charge on any atom is -0.338 e. The molecule has 29 heavy (non-hydrogen) atoms. The SMILES string of the molecule is CC(=O)Nc1ccc(NC(=O)c2cc(Nc3ccc(F)cc3F)nc(C)n2)cc1. The van der Waals surface area contributed by atoms with E-state index in [1.165, 1.54) is 19.1 Å². The highest BCUT2D eigenvalue weighted by atomic mass is 19.1. The maximum absolute atomic E-state index is 13.8. The molecule has 1 heterocycles. The first kappa shape index (κ1) is 19.9. The summed E-state index contributed by atoms with van der Waals surface area (Å²) in [7, 11) is 0. The molecule has 3 N–H and O–H groups in total. The summed E-state index contributed by atoms with van der Waals surface area (Å²) in [5.74, 6) is -1.69. The fourth-order valence-electron chi connectivity index (χ4n) is 2.51. The first-order valence-electron chi connectivity index (χ1n) is 8.57. The van der Waals surface area contributed by atoms with E-state index in [1.807, 2.05) is 0 Å². The van der Waals surface area contributed by atoms with Crippen LogP contribution in [0.15, 0.2) is 48.5 Å². The number of nitrogens with zero attached hydrogens (tertiary/aromatic N) is 2. The van der Waals surface area contributed by atoms with Crippen molar-refractivity contribution in [3.63, 3.8) is 0 Å². The van der Waals surface area contributed by atoms with Crippen LogP contribution in [0, 0.1) is 18.6 Å². The third kappa shape index (κ3) is 5.32. The number of hydrogen-bond acceptors (Lipinski definition) is 5. The van der Waals surface area contributed by atoms with Gasteiger partial charge in [0.1, 0.15) is 29.0 Å². The number of amides is 2. The number of hydrogen-bond donors (Lipinski definition) is 3. The van der Waals surface area contributed by atoms with Crippen molar-refractivity contribution in [2.45, 2.75) is 13.8 Å². The van der Waals surface area contributed by atoms with Crippen molar-refractivity contribution in [2.24, 2.45) is 0 Å². The van der Waals surface area contributed by atoms with Crippen molar-refractivity contribution in [3.8, 4) is 0 Å². The smallest absolute Gasteiger partial charge is 0.274 e. The number of aromatic nitrogens is 2. The van der Waals surface area contributed by atoms with Gasteiger partial charge in [-0.3, -0.25) is 9.59 Å². The Balaban J connectivity index is 1.76. The van der Waals surface area contributed by atoms with Gasteiger partial charge in [0.25, 0.3) is 5.91 Å². The predicted octanol–water partition coefficient (Wildman–Crippen LogP) is 4.02. The third-order valence-corrected chi connectivity index (χ3v) is 3.73. The van der Waals surface area contributed by atoms with Gasteiger partial charge in [-0.05, 0) is 43.3 Å². The van der Waals surface area contributed by atoms with Crippen LogP contribution in [0.1, 0.15) is 23.2 Å². The van der Waals surface area contributed by atoms with Gasteiger partial charge < -0.3 is 16.0 Å². The summed E-state index contributed by atoms with van der Waals surface area (Å²) in [6, 6.07) is 11.0. The average Bonchev–Trinajstić information content (AvgIpc) is 2.65. The molecule has 0 bridgehead atoms. The van der Waals surface area contributed by atoms with Crippen molar-refractivity contribution in [3.05, 3.63) is 71.7 Å². The number of anilines is 4. The highest BCUT2D eigenvalue weighted by Crippen LogP contribution is 2.20. The molecule has 0 atom stereocenters. The Labute approximate surface area is 165 Å². The molecule has 0 fully saturated rings. The first-order valence-corrected chi connectivity index (χ1v) is 8.57. The second-order valence-corrected chi connectivity index (χ2v) is 6.15. The van der Waals surface area contributed by atoms with Crippen molar-refractivity contribution in [1.29, 1.82) is 0 Å². The normalized spacial score (nSPS) is 10.3. The molecular formula is C20H17F2N5O2. The lowest BCUT2D eigenvalue weighted by atomic mass is 10.2. The molecule has 0 radical (unpaired) electrons. The van der Waals surface area contributed by atoms with Crippen molar-refractivity contribution in [2.75, 3.05) is 16.0 Å². The van der Waals surface area contributed by atoms with E-state index in [4.69, 9.17) is 0 Å². The first-order chi connectivity index (χ1) is 13.8. The van der Waals surface area contributed by atoms with Crippen LogP contribution in [0.4, 0.5) is 31.7 Å². The molecule has 9 heteroatoms. The topological polar surface area (TPSA) is 96.0 Å². The van der Waals surface area contributed by atoms with Crippen LogP contribution in [0.2, 0.25) is 0 Å². The van der Waals surface area contributed by atoms with E-state index in [1.54, 1.807) is 31.2 Å². The fraction of sp³-hybridized carbons (Fsp3) is 0.100. The maximum atomic E-state index is 13.8. The molecule has 0 saturated heterocycles. The molecule has 0 unspecified atom stereocenters. The monoisotopic (exact) mass is 397 g/mol. The molecule has 0 aliphatic heterocycles. The summed E-state index contributed by atoms with van der Waals surface area (Å²) in [5.41, 5.74) is 1.18. The standard InChI is InChI=1S/C20H17F2N5O2/c1-11-23-18(10-19(24-11)27-17-8-3-13(21)9-16(17)22)20(29)26-15-6-4-14(5-7-15)25-12(2)28/h3-10H,1-2H3,(H,25,28)(H,26,29)(H,23,24,27). The molecule has 3 rings (SSSR count). The minimum atomic E-state index is -0.786. The van der Waals surface area contributed by atoms with Crippen molar-refractivity contribution < 1.29 is 18.4 Å². The molecule has 2 amide bonds. The lowest BCUT2D eigenvalue weighted by Gasteiger charge is -2.10. The van der Waals surface area contributed by atoms with E-state index in [0.717, 1.165) is 12.1 Å². The van der Waals surface area contributed by atoms with Crippen LogP contribution < -0.4 is 16.0 Å². The number of aryl methyl sites for hydroxylation is 1. The second-order valence-electron chi connectivity index (χ2n) is 6.15. The van der Waals surface area contributed by atoms with Gasteiger partial charge in [-0.2, -0.15) is 0 Å². The molecule has 0 aliphatic carbocycles. The van der Waals surface area contributed by atoms with E-state index in [9.17, 15) is 18.4 Å². The Morgan fingerprint density at radius 3 is 2.17 bits per heavy atom. The molecule has 0 aliphatic rings. The lowest BCUT2D eigenvalue weighted by molar-refractivity contribution is -0.114. The predicted molar refractivity (Wildman–Crippen MR) is 105 cm³/mol. The summed E-state index contributed by atoms with van der Waals surface area (Å²) >= 11 is 0. The maximum Gasteiger partial charge on any atom is 0.274 e. The van der Waals surface area contributed by atoms with Gasteiger partial charge in [0, 0.05) is 30.4 Å². The number of carbonyl (C=O) groups is 2. The van der Waals surface area contributed by atoms with Crippen molar-refractivity contribution in [1.82, 2.24) is 9.97 Å². The van der Waals surface area contributed by atoms with Crippen LogP contribution in [0.3, 0.4) is 0 Å². The largest absolute Gasteiger partial charge is 0.338 e. The quantitative estimate of drug-likeness (QED) is 0.604. The number of rotatable bonds is 5.